The van der Waals surface area contributed by atoms with E-state index in [0.717, 1.165) is 23.4 Å². The van der Waals surface area contributed by atoms with Gasteiger partial charge in [-0.2, -0.15) is 0 Å². The minimum absolute atomic E-state index is 0.00646. The van der Waals surface area contributed by atoms with Gasteiger partial charge in [-0.3, -0.25) is 9.59 Å². The molecule has 0 radical (unpaired) electrons. The number of Topliss-reactive ketones (excluding diaryl/α,β-unsaturated/α-hetero) is 1. The molecule has 3 nitrogen and oxygen atoms in total. The van der Waals surface area contributed by atoms with Gasteiger partial charge in [0.2, 0.25) is 5.91 Å². The third kappa shape index (κ3) is 4.36. The molecule has 118 valence electrons. The molecule has 1 aliphatic carbocycles. The van der Waals surface area contributed by atoms with Gasteiger partial charge >= 0.3 is 0 Å². The lowest BCUT2D eigenvalue weighted by atomic mass is 10.1. The summed E-state index contributed by atoms with van der Waals surface area (Å²) >= 11 is 7.48. The van der Waals surface area contributed by atoms with Crippen molar-refractivity contribution in [1.29, 1.82) is 0 Å². The first kappa shape index (κ1) is 16.1. The van der Waals surface area contributed by atoms with Gasteiger partial charge in [-0.1, -0.05) is 29.8 Å². The number of hydrogen-bond acceptors (Lipinski definition) is 3. The summed E-state index contributed by atoms with van der Waals surface area (Å²) in [6.45, 7) is 0. The van der Waals surface area contributed by atoms with Crippen molar-refractivity contribution < 1.29 is 9.59 Å². The van der Waals surface area contributed by atoms with Crippen molar-refractivity contribution >= 4 is 40.7 Å². The molecule has 0 heterocycles. The summed E-state index contributed by atoms with van der Waals surface area (Å²) in [6, 6.07) is 14.6. The molecule has 3 rings (SSSR count). The second-order valence-electron chi connectivity index (χ2n) is 5.48. The van der Waals surface area contributed by atoms with E-state index < -0.39 is 0 Å². The zero-order valence-corrected chi connectivity index (χ0v) is 14.0. The minimum atomic E-state index is -0.00646. The molecule has 0 spiro atoms. The Bertz CT molecular complexity index is 743. The number of amides is 1. The second kappa shape index (κ2) is 7.20. The molecule has 1 saturated carbocycles. The van der Waals surface area contributed by atoms with E-state index in [1.807, 2.05) is 24.3 Å². The van der Waals surface area contributed by atoms with Gasteiger partial charge in [-0.15, -0.1) is 11.8 Å². The summed E-state index contributed by atoms with van der Waals surface area (Å²) in [5, 5.41) is 3.39. The van der Waals surface area contributed by atoms with Crippen molar-refractivity contribution in [2.24, 2.45) is 5.92 Å². The second-order valence-corrected chi connectivity index (χ2v) is 6.94. The fourth-order valence-electron chi connectivity index (χ4n) is 2.17. The van der Waals surface area contributed by atoms with E-state index in [-0.39, 0.29) is 17.6 Å². The van der Waals surface area contributed by atoms with Crippen molar-refractivity contribution in [1.82, 2.24) is 0 Å². The fraction of sp³-hybridized carbons (Fsp3) is 0.222. The highest BCUT2D eigenvalue weighted by atomic mass is 35.5. The van der Waals surface area contributed by atoms with Crippen LogP contribution in [0.15, 0.2) is 53.4 Å². The Morgan fingerprint density at radius 3 is 2.65 bits per heavy atom. The SMILES string of the molecule is O=C(CSc1cccc(NC(=O)C2CC2)c1)c1ccccc1Cl. The summed E-state index contributed by atoms with van der Waals surface area (Å²) in [4.78, 5) is 25.0. The van der Waals surface area contributed by atoms with E-state index in [2.05, 4.69) is 5.32 Å². The number of halogens is 1. The Morgan fingerprint density at radius 1 is 1.13 bits per heavy atom. The smallest absolute Gasteiger partial charge is 0.227 e. The van der Waals surface area contributed by atoms with Crippen LogP contribution in [0.3, 0.4) is 0 Å². The maximum Gasteiger partial charge on any atom is 0.227 e. The molecule has 2 aromatic carbocycles. The Kier molecular flexibility index (Phi) is 5.03. The predicted molar refractivity (Wildman–Crippen MR) is 94.3 cm³/mol. The van der Waals surface area contributed by atoms with Crippen LogP contribution < -0.4 is 5.32 Å². The number of carbonyl (C=O) groups is 2. The highest BCUT2D eigenvalue weighted by molar-refractivity contribution is 8.00. The molecule has 1 aliphatic rings. The summed E-state index contributed by atoms with van der Waals surface area (Å²) in [5.74, 6) is 0.560. The molecule has 5 heteroatoms. The van der Waals surface area contributed by atoms with E-state index in [1.54, 1.807) is 24.3 Å². The number of carbonyl (C=O) groups excluding carboxylic acids is 2. The summed E-state index contributed by atoms with van der Waals surface area (Å²) in [6.07, 6.45) is 1.96. The number of anilines is 1. The number of benzene rings is 2. The molecule has 23 heavy (non-hydrogen) atoms. The maximum absolute atomic E-state index is 12.2. The average Bonchev–Trinajstić information content (AvgIpc) is 3.38. The molecule has 0 aliphatic heterocycles. The van der Waals surface area contributed by atoms with Crippen LogP contribution in [0.2, 0.25) is 5.02 Å². The summed E-state index contributed by atoms with van der Waals surface area (Å²) < 4.78 is 0. The van der Waals surface area contributed by atoms with Crippen molar-refractivity contribution in [3.63, 3.8) is 0 Å². The van der Waals surface area contributed by atoms with Crippen molar-refractivity contribution in [2.75, 3.05) is 11.1 Å². The molecule has 0 atom stereocenters. The van der Waals surface area contributed by atoms with E-state index in [4.69, 9.17) is 11.6 Å². The van der Waals surface area contributed by atoms with Crippen LogP contribution in [0.4, 0.5) is 5.69 Å². The molecular formula is C18H16ClNO2S. The molecule has 0 bridgehead atoms. The first-order valence-corrected chi connectivity index (χ1v) is 8.81. The standard InChI is InChI=1S/C18H16ClNO2S/c19-16-7-2-1-6-15(16)17(21)11-23-14-5-3-4-13(10-14)20-18(22)12-8-9-12/h1-7,10,12H,8-9,11H2,(H,20,22). The molecule has 1 amide bonds. The van der Waals surface area contributed by atoms with Crippen molar-refractivity contribution in [3.05, 3.63) is 59.1 Å². The topological polar surface area (TPSA) is 46.2 Å². The van der Waals surface area contributed by atoms with Gasteiger partial charge in [0.15, 0.2) is 5.78 Å². The molecule has 0 aromatic heterocycles. The fourth-order valence-corrected chi connectivity index (χ4v) is 3.25. The third-order valence-electron chi connectivity index (χ3n) is 3.59. The zero-order chi connectivity index (χ0) is 16.2. The third-order valence-corrected chi connectivity index (χ3v) is 4.92. The molecule has 1 fully saturated rings. The first-order valence-electron chi connectivity index (χ1n) is 7.45. The largest absolute Gasteiger partial charge is 0.326 e. The number of rotatable bonds is 6. The molecule has 0 unspecified atom stereocenters. The number of nitrogens with one attached hydrogen (secondary N) is 1. The van der Waals surface area contributed by atoms with E-state index >= 15 is 0 Å². The van der Waals surface area contributed by atoms with Crippen LogP contribution in [0.1, 0.15) is 23.2 Å². The van der Waals surface area contributed by atoms with Crippen LogP contribution in [-0.2, 0) is 4.79 Å². The van der Waals surface area contributed by atoms with Crippen LogP contribution in [0.5, 0.6) is 0 Å². The predicted octanol–water partition coefficient (Wildman–Crippen LogP) is 4.66. The quantitative estimate of drug-likeness (QED) is 0.611. The van der Waals surface area contributed by atoms with Crippen LogP contribution in [0, 0.1) is 5.92 Å². The molecule has 1 N–H and O–H groups in total. The highest BCUT2D eigenvalue weighted by Gasteiger charge is 2.29. The zero-order valence-electron chi connectivity index (χ0n) is 12.4. The Balaban J connectivity index is 1.60. The average molecular weight is 346 g/mol. The first-order chi connectivity index (χ1) is 11.1. The molecule has 0 saturated heterocycles. The van der Waals surface area contributed by atoms with E-state index in [1.165, 1.54) is 11.8 Å². The number of ketones is 1. The Hall–Kier alpha value is -1.78. The van der Waals surface area contributed by atoms with Crippen molar-refractivity contribution in [3.8, 4) is 0 Å². The number of thioether (sulfide) groups is 1. The van der Waals surface area contributed by atoms with E-state index in [9.17, 15) is 9.59 Å². The molecule has 2 aromatic rings. The Morgan fingerprint density at radius 2 is 1.91 bits per heavy atom. The van der Waals surface area contributed by atoms with E-state index in [0.29, 0.717) is 16.3 Å². The van der Waals surface area contributed by atoms with Gasteiger partial charge in [-0.05, 0) is 43.2 Å². The van der Waals surface area contributed by atoms with Gasteiger partial charge in [0, 0.05) is 22.1 Å². The lowest BCUT2D eigenvalue weighted by molar-refractivity contribution is -0.117. The summed E-state index contributed by atoms with van der Waals surface area (Å²) in [5.41, 5.74) is 1.32. The lowest BCUT2D eigenvalue weighted by Gasteiger charge is -2.07. The Labute approximate surface area is 144 Å². The summed E-state index contributed by atoms with van der Waals surface area (Å²) in [7, 11) is 0. The van der Waals surface area contributed by atoms with Gasteiger partial charge in [-0.25, -0.2) is 0 Å². The lowest BCUT2D eigenvalue weighted by Crippen LogP contribution is -2.13. The van der Waals surface area contributed by atoms with Gasteiger partial charge < -0.3 is 5.32 Å². The molecular weight excluding hydrogens is 330 g/mol. The van der Waals surface area contributed by atoms with Crippen LogP contribution in [-0.4, -0.2) is 17.4 Å². The van der Waals surface area contributed by atoms with Gasteiger partial charge in [0.05, 0.1) is 10.8 Å². The number of hydrogen-bond donors (Lipinski definition) is 1. The van der Waals surface area contributed by atoms with Crippen molar-refractivity contribution in [2.45, 2.75) is 17.7 Å². The van der Waals surface area contributed by atoms with Crippen LogP contribution >= 0.6 is 23.4 Å². The maximum atomic E-state index is 12.2. The van der Waals surface area contributed by atoms with Gasteiger partial charge in [0.1, 0.15) is 0 Å². The monoisotopic (exact) mass is 345 g/mol. The minimum Gasteiger partial charge on any atom is -0.326 e. The van der Waals surface area contributed by atoms with Gasteiger partial charge in [0.25, 0.3) is 0 Å². The normalized spacial score (nSPS) is 13.6. The van der Waals surface area contributed by atoms with Crippen LogP contribution in [0.25, 0.3) is 0 Å². The highest BCUT2D eigenvalue weighted by Crippen LogP contribution is 2.31.